The molecule has 0 saturated heterocycles. The summed E-state index contributed by atoms with van der Waals surface area (Å²) in [7, 11) is 0. The molecule has 6 heteroatoms. The van der Waals surface area contributed by atoms with Crippen LogP contribution in [-0.4, -0.2) is 32.7 Å². The average Bonchev–Trinajstić information content (AvgIpc) is 3.23. The number of pyridine rings is 1. The third kappa shape index (κ3) is 4.11. The standard InChI is InChI=1S/C24H28N2O4/c1-24(2,29)18-7-9-19(10-8-18)26-23(28)16-5-3-15(4-6-16)21-20-11-12-30-22(20)17(14-27)13-25-21/h3-6,11-13,18-19,27,29H,7-10,14H2,1-2H3,(H,26,28). The SMILES string of the molecule is CC(C)(O)C1CCC(NC(=O)c2ccc(-c3ncc(CO)c4occc34)cc2)CC1. The van der Waals surface area contributed by atoms with Gasteiger partial charge in [-0.2, -0.15) is 0 Å². The molecule has 0 aliphatic heterocycles. The van der Waals surface area contributed by atoms with Crippen LogP contribution in [0.4, 0.5) is 0 Å². The molecule has 0 radical (unpaired) electrons. The van der Waals surface area contributed by atoms with Crippen LogP contribution < -0.4 is 5.32 Å². The van der Waals surface area contributed by atoms with Gasteiger partial charge < -0.3 is 19.9 Å². The van der Waals surface area contributed by atoms with E-state index in [1.54, 1.807) is 24.6 Å². The molecule has 4 rings (SSSR count). The quantitative estimate of drug-likeness (QED) is 0.592. The van der Waals surface area contributed by atoms with Crippen molar-refractivity contribution >= 4 is 16.9 Å². The molecule has 1 fully saturated rings. The number of fused-ring (bicyclic) bond motifs is 1. The Hall–Kier alpha value is -2.70. The summed E-state index contributed by atoms with van der Waals surface area (Å²) in [6, 6.07) is 9.36. The van der Waals surface area contributed by atoms with E-state index in [9.17, 15) is 15.0 Å². The molecule has 0 atom stereocenters. The monoisotopic (exact) mass is 408 g/mol. The molecule has 1 aliphatic rings. The van der Waals surface area contributed by atoms with Crippen molar-refractivity contribution in [1.82, 2.24) is 10.3 Å². The Morgan fingerprint density at radius 2 is 1.87 bits per heavy atom. The minimum atomic E-state index is -0.658. The predicted octanol–water partition coefficient (Wildman–Crippen LogP) is 4.05. The third-order valence-electron chi connectivity index (χ3n) is 6.21. The van der Waals surface area contributed by atoms with Crippen molar-refractivity contribution in [2.24, 2.45) is 5.92 Å². The molecule has 0 spiro atoms. The number of aliphatic hydroxyl groups is 2. The first-order chi connectivity index (χ1) is 14.4. The number of nitrogens with zero attached hydrogens (tertiary/aromatic N) is 1. The number of hydrogen-bond donors (Lipinski definition) is 3. The van der Waals surface area contributed by atoms with E-state index in [2.05, 4.69) is 10.3 Å². The summed E-state index contributed by atoms with van der Waals surface area (Å²) in [5, 5.41) is 23.6. The number of carbonyl (C=O) groups is 1. The molecule has 6 nitrogen and oxygen atoms in total. The second-order valence-corrected chi connectivity index (χ2v) is 8.71. The highest BCUT2D eigenvalue weighted by Crippen LogP contribution is 2.33. The molecular weight excluding hydrogens is 380 g/mol. The van der Waals surface area contributed by atoms with Gasteiger partial charge in [-0.3, -0.25) is 9.78 Å². The molecule has 0 bridgehead atoms. The van der Waals surface area contributed by atoms with Crippen LogP contribution in [0.15, 0.2) is 47.2 Å². The molecule has 1 aliphatic carbocycles. The van der Waals surface area contributed by atoms with Crippen LogP contribution in [0.5, 0.6) is 0 Å². The number of aliphatic hydroxyl groups excluding tert-OH is 1. The lowest BCUT2D eigenvalue weighted by Crippen LogP contribution is -2.41. The van der Waals surface area contributed by atoms with Gasteiger partial charge in [0.15, 0.2) is 0 Å². The zero-order chi connectivity index (χ0) is 21.3. The maximum Gasteiger partial charge on any atom is 0.251 e. The minimum absolute atomic E-state index is 0.0784. The van der Waals surface area contributed by atoms with E-state index >= 15 is 0 Å². The highest BCUT2D eigenvalue weighted by molar-refractivity contribution is 5.96. The minimum Gasteiger partial charge on any atom is -0.464 e. The van der Waals surface area contributed by atoms with E-state index in [-0.39, 0.29) is 24.5 Å². The molecule has 3 N–H and O–H groups in total. The lowest BCUT2D eigenvalue weighted by atomic mass is 9.77. The second kappa shape index (κ2) is 8.20. The maximum absolute atomic E-state index is 12.7. The van der Waals surface area contributed by atoms with E-state index in [1.807, 2.05) is 32.0 Å². The summed E-state index contributed by atoms with van der Waals surface area (Å²) in [4.78, 5) is 17.1. The first-order valence-corrected chi connectivity index (χ1v) is 10.5. The number of amides is 1. The third-order valence-corrected chi connectivity index (χ3v) is 6.21. The van der Waals surface area contributed by atoms with Crippen molar-refractivity contribution in [3.63, 3.8) is 0 Å². The fourth-order valence-electron chi connectivity index (χ4n) is 4.35. The van der Waals surface area contributed by atoms with Gasteiger partial charge in [0.05, 0.1) is 24.2 Å². The highest BCUT2D eigenvalue weighted by Gasteiger charge is 2.31. The Balaban J connectivity index is 1.44. The van der Waals surface area contributed by atoms with Gasteiger partial charge in [-0.25, -0.2) is 0 Å². The van der Waals surface area contributed by atoms with Gasteiger partial charge in [-0.05, 0) is 63.6 Å². The summed E-state index contributed by atoms with van der Waals surface area (Å²) < 4.78 is 5.50. The maximum atomic E-state index is 12.7. The summed E-state index contributed by atoms with van der Waals surface area (Å²) in [5.41, 5.74) is 2.87. The summed E-state index contributed by atoms with van der Waals surface area (Å²) in [5.74, 6) is 0.208. The normalized spacial score (nSPS) is 19.7. The highest BCUT2D eigenvalue weighted by atomic mass is 16.3. The molecule has 1 amide bonds. The van der Waals surface area contributed by atoms with Crippen molar-refractivity contribution in [3.05, 3.63) is 53.9 Å². The van der Waals surface area contributed by atoms with Crippen LogP contribution in [0.3, 0.4) is 0 Å². The fraction of sp³-hybridized carbons (Fsp3) is 0.417. The summed E-state index contributed by atoms with van der Waals surface area (Å²) >= 11 is 0. The van der Waals surface area contributed by atoms with Crippen molar-refractivity contribution in [2.45, 2.75) is 57.8 Å². The van der Waals surface area contributed by atoms with Crippen LogP contribution in [0.1, 0.15) is 55.5 Å². The van der Waals surface area contributed by atoms with Crippen LogP contribution >= 0.6 is 0 Å². The molecule has 2 heterocycles. The van der Waals surface area contributed by atoms with Gasteiger partial charge in [0, 0.05) is 34.3 Å². The van der Waals surface area contributed by atoms with Crippen molar-refractivity contribution in [2.75, 3.05) is 0 Å². The van der Waals surface area contributed by atoms with E-state index < -0.39 is 5.60 Å². The van der Waals surface area contributed by atoms with Gasteiger partial charge in [-0.15, -0.1) is 0 Å². The topological polar surface area (TPSA) is 95.6 Å². The van der Waals surface area contributed by atoms with Gasteiger partial charge in [0.2, 0.25) is 0 Å². The van der Waals surface area contributed by atoms with Gasteiger partial charge in [0.1, 0.15) is 5.58 Å². The van der Waals surface area contributed by atoms with Crippen molar-refractivity contribution in [1.29, 1.82) is 0 Å². The first kappa shape index (κ1) is 20.6. The van der Waals surface area contributed by atoms with Gasteiger partial charge >= 0.3 is 0 Å². The number of hydrogen-bond acceptors (Lipinski definition) is 5. The fourth-order valence-corrected chi connectivity index (χ4v) is 4.35. The van der Waals surface area contributed by atoms with E-state index in [0.717, 1.165) is 42.3 Å². The molecule has 1 saturated carbocycles. The predicted molar refractivity (Wildman–Crippen MR) is 115 cm³/mol. The molecule has 2 aromatic heterocycles. The summed E-state index contributed by atoms with van der Waals surface area (Å²) in [6.45, 7) is 3.59. The lowest BCUT2D eigenvalue weighted by molar-refractivity contribution is -0.00257. The van der Waals surface area contributed by atoms with Gasteiger partial charge in [-0.1, -0.05) is 12.1 Å². The van der Waals surface area contributed by atoms with Crippen LogP contribution in [0.2, 0.25) is 0 Å². The smallest absolute Gasteiger partial charge is 0.251 e. The molecular formula is C24H28N2O4. The Kier molecular flexibility index (Phi) is 5.62. The second-order valence-electron chi connectivity index (χ2n) is 8.71. The molecule has 3 aromatic rings. The Morgan fingerprint density at radius 3 is 2.50 bits per heavy atom. The van der Waals surface area contributed by atoms with E-state index in [4.69, 9.17) is 4.42 Å². The van der Waals surface area contributed by atoms with E-state index in [0.29, 0.717) is 16.7 Å². The number of carbonyl (C=O) groups excluding carboxylic acids is 1. The Morgan fingerprint density at radius 1 is 1.17 bits per heavy atom. The summed E-state index contributed by atoms with van der Waals surface area (Å²) in [6.07, 6.45) is 6.82. The number of rotatable bonds is 5. The molecule has 1 aromatic carbocycles. The zero-order valence-corrected chi connectivity index (χ0v) is 17.4. The van der Waals surface area contributed by atoms with Crippen LogP contribution in [0.25, 0.3) is 22.2 Å². The number of nitrogens with one attached hydrogen (secondary N) is 1. The number of aromatic nitrogens is 1. The number of furan rings is 1. The van der Waals surface area contributed by atoms with Crippen LogP contribution in [0, 0.1) is 5.92 Å². The molecule has 30 heavy (non-hydrogen) atoms. The van der Waals surface area contributed by atoms with Gasteiger partial charge in [0.25, 0.3) is 5.91 Å². The molecule has 0 unspecified atom stereocenters. The van der Waals surface area contributed by atoms with Crippen LogP contribution in [-0.2, 0) is 6.61 Å². The van der Waals surface area contributed by atoms with Crippen molar-refractivity contribution in [3.8, 4) is 11.3 Å². The zero-order valence-electron chi connectivity index (χ0n) is 17.4. The van der Waals surface area contributed by atoms with E-state index in [1.165, 1.54) is 0 Å². The Labute approximate surface area is 175 Å². The lowest BCUT2D eigenvalue weighted by Gasteiger charge is -2.36. The Bertz CT molecular complexity index is 1030. The van der Waals surface area contributed by atoms with Crippen molar-refractivity contribution < 1.29 is 19.4 Å². The molecule has 158 valence electrons. The average molecular weight is 408 g/mol. The first-order valence-electron chi connectivity index (χ1n) is 10.5. The largest absolute Gasteiger partial charge is 0.464 e. The number of benzene rings is 1.